The van der Waals surface area contributed by atoms with Gasteiger partial charge in [0.15, 0.2) is 0 Å². The van der Waals surface area contributed by atoms with Crippen molar-refractivity contribution in [3.05, 3.63) is 0 Å². The van der Waals surface area contributed by atoms with Gasteiger partial charge in [0.2, 0.25) is 5.91 Å². The summed E-state index contributed by atoms with van der Waals surface area (Å²) in [6.45, 7) is 7.44. The lowest BCUT2D eigenvalue weighted by molar-refractivity contribution is -0.145. The third kappa shape index (κ3) is 2.97. The van der Waals surface area contributed by atoms with E-state index in [1.54, 1.807) is 6.92 Å². The molecular weight excluding hydrogens is 222 g/mol. The zero-order valence-corrected chi connectivity index (χ0v) is 11.0. The van der Waals surface area contributed by atoms with E-state index in [9.17, 15) is 9.59 Å². The van der Waals surface area contributed by atoms with E-state index in [1.807, 2.05) is 20.8 Å². The van der Waals surface area contributed by atoms with Crippen LogP contribution in [0, 0.1) is 11.8 Å². The van der Waals surface area contributed by atoms with Gasteiger partial charge in [-0.15, -0.1) is 0 Å². The quantitative estimate of drug-likeness (QED) is 0.742. The minimum atomic E-state index is -0.622. The van der Waals surface area contributed by atoms with Crippen molar-refractivity contribution >= 4 is 11.9 Å². The molecule has 98 valence electrons. The van der Waals surface area contributed by atoms with E-state index in [-0.39, 0.29) is 30.0 Å². The van der Waals surface area contributed by atoms with Gasteiger partial charge in [0.25, 0.3) is 0 Å². The summed E-state index contributed by atoms with van der Waals surface area (Å²) in [7, 11) is 1.30. The summed E-state index contributed by atoms with van der Waals surface area (Å²) < 4.78 is 10.2. The predicted molar refractivity (Wildman–Crippen MR) is 62.3 cm³/mol. The number of hydrogen-bond acceptors (Lipinski definition) is 4. The topological polar surface area (TPSA) is 64.6 Å². The maximum absolute atomic E-state index is 12.0. The molecule has 0 bridgehead atoms. The van der Waals surface area contributed by atoms with E-state index in [0.29, 0.717) is 0 Å². The van der Waals surface area contributed by atoms with Gasteiger partial charge >= 0.3 is 5.97 Å². The molecule has 5 heteroatoms. The Bertz CT molecular complexity index is 305. The van der Waals surface area contributed by atoms with Crippen LogP contribution >= 0.6 is 0 Å². The molecule has 0 aliphatic carbocycles. The number of carbonyl (C=O) groups excluding carboxylic acids is 2. The third-order valence-corrected chi connectivity index (χ3v) is 3.46. The van der Waals surface area contributed by atoms with E-state index >= 15 is 0 Å². The van der Waals surface area contributed by atoms with Crippen molar-refractivity contribution in [2.75, 3.05) is 7.11 Å². The molecule has 1 saturated heterocycles. The molecule has 5 unspecified atom stereocenters. The van der Waals surface area contributed by atoms with Crippen molar-refractivity contribution in [2.45, 2.75) is 45.9 Å². The molecule has 0 radical (unpaired) electrons. The Balaban J connectivity index is 2.61. The van der Waals surface area contributed by atoms with E-state index in [2.05, 4.69) is 10.1 Å². The minimum absolute atomic E-state index is 0.0641. The minimum Gasteiger partial charge on any atom is -0.467 e. The van der Waals surface area contributed by atoms with Crippen LogP contribution in [0.4, 0.5) is 0 Å². The number of carbonyl (C=O) groups is 2. The van der Waals surface area contributed by atoms with Gasteiger partial charge < -0.3 is 14.8 Å². The van der Waals surface area contributed by atoms with Gasteiger partial charge in [-0.3, -0.25) is 4.79 Å². The van der Waals surface area contributed by atoms with Gasteiger partial charge in [-0.2, -0.15) is 0 Å². The van der Waals surface area contributed by atoms with Crippen molar-refractivity contribution in [1.82, 2.24) is 5.32 Å². The summed E-state index contributed by atoms with van der Waals surface area (Å²) >= 11 is 0. The fourth-order valence-corrected chi connectivity index (χ4v) is 2.26. The zero-order valence-electron chi connectivity index (χ0n) is 11.0. The zero-order chi connectivity index (χ0) is 13.2. The Kier molecular flexibility index (Phi) is 4.51. The molecule has 1 aliphatic rings. The Labute approximate surface area is 102 Å². The highest BCUT2D eigenvalue weighted by atomic mass is 16.5. The van der Waals surface area contributed by atoms with Gasteiger partial charge in [-0.25, -0.2) is 4.79 Å². The monoisotopic (exact) mass is 243 g/mol. The maximum Gasteiger partial charge on any atom is 0.328 e. The van der Waals surface area contributed by atoms with Crippen LogP contribution in [0.15, 0.2) is 0 Å². The first-order valence-corrected chi connectivity index (χ1v) is 5.92. The molecule has 0 aromatic carbocycles. The molecular formula is C12H21NO4. The second kappa shape index (κ2) is 5.49. The van der Waals surface area contributed by atoms with Crippen LogP contribution in [0.5, 0.6) is 0 Å². The summed E-state index contributed by atoms with van der Waals surface area (Å²) in [5.74, 6) is -0.648. The fourth-order valence-electron chi connectivity index (χ4n) is 2.26. The standard InChI is InChI=1S/C12H21NO4/c1-6-8(3)17-9(4)10(6)11(14)13-7(2)12(15)16-5/h6-10H,1-5H3,(H,13,14). The SMILES string of the molecule is COC(=O)C(C)NC(=O)C1C(C)OC(C)C1C. The average Bonchev–Trinajstić information content (AvgIpc) is 2.51. The number of amides is 1. The summed E-state index contributed by atoms with van der Waals surface area (Å²) in [5.41, 5.74) is 0. The van der Waals surface area contributed by atoms with Crippen molar-refractivity contribution in [3.63, 3.8) is 0 Å². The highest BCUT2D eigenvalue weighted by Gasteiger charge is 2.42. The molecule has 5 nitrogen and oxygen atoms in total. The number of methoxy groups -OCH3 is 1. The summed E-state index contributed by atoms with van der Waals surface area (Å²) in [5, 5.41) is 2.66. The molecule has 0 saturated carbocycles. The number of rotatable bonds is 3. The van der Waals surface area contributed by atoms with Crippen molar-refractivity contribution in [2.24, 2.45) is 11.8 Å². The molecule has 1 N–H and O–H groups in total. The summed E-state index contributed by atoms with van der Waals surface area (Å²) in [4.78, 5) is 23.3. The number of esters is 1. The Morgan fingerprint density at radius 2 is 1.82 bits per heavy atom. The Morgan fingerprint density at radius 1 is 1.24 bits per heavy atom. The van der Waals surface area contributed by atoms with Gasteiger partial charge in [-0.1, -0.05) is 6.92 Å². The average molecular weight is 243 g/mol. The molecule has 0 aromatic heterocycles. The lowest BCUT2D eigenvalue weighted by Crippen LogP contribution is -2.45. The lowest BCUT2D eigenvalue weighted by atomic mass is 9.88. The Hall–Kier alpha value is -1.10. The lowest BCUT2D eigenvalue weighted by Gasteiger charge is -2.20. The van der Waals surface area contributed by atoms with Crippen molar-refractivity contribution < 1.29 is 19.1 Å². The first-order valence-electron chi connectivity index (χ1n) is 5.92. The van der Waals surface area contributed by atoms with Gasteiger partial charge in [0, 0.05) is 0 Å². The molecule has 1 fully saturated rings. The molecule has 1 heterocycles. The van der Waals surface area contributed by atoms with Crippen LogP contribution in [-0.2, 0) is 19.1 Å². The predicted octanol–water partition coefficient (Wildman–Crippen LogP) is 0.724. The van der Waals surface area contributed by atoms with Crippen LogP contribution in [0.2, 0.25) is 0 Å². The van der Waals surface area contributed by atoms with E-state index in [4.69, 9.17) is 4.74 Å². The first kappa shape index (κ1) is 14.0. The molecule has 1 aliphatic heterocycles. The van der Waals surface area contributed by atoms with Crippen LogP contribution in [0.1, 0.15) is 27.7 Å². The number of nitrogens with one attached hydrogen (secondary N) is 1. The smallest absolute Gasteiger partial charge is 0.328 e. The Morgan fingerprint density at radius 3 is 2.24 bits per heavy atom. The van der Waals surface area contributed by atoms with Crippen molar-refractivity contribution in [1.29, 1.82) is 0 Å². The largest absolute Gasteiger partial charge is 0.467 e. The maximum atomic E-state index is 12.0. The van der Waals surface area contributed by atoms with Gasteiger partial charge in [0.1, 0.15) is 6.04 Å². The molecule has 17 heavy (non-hydrogen) atoms. The number of ether oxygens (including phenoxy) is 2. The summed E-state index contributed by atoms with van der Waals surface area (Å²) in [6, 6.07) is -0.622. The van der Waals surface area contributed by atoms with Crippen LogP contribution < -0.4 is 5.32 Å². The van der Waals surface area contributed by atoms with E-state index in [1.165, 1.54) is 7.11 Å². The van der Waals surface area contributed by atoms with Crippen LogP contribution in [0.3, 0.4) is 0 Å². The molecule has 1 amide bonds. The van der Waals surface area contributed by atoms with E-state index in [0.717, 1.165) is 0 Å². The molecule has 1 rings (SSSR count). The third-order valence-electron chi connectivity index (χ3n) is 3.46. The highest BCUT2D eigenvalue weighted by Crippen LogP contribution is 2.32. The first-order chi connectivity index (χ1) is 7.88. The second-order valence-corrected chi connectivity index (χ2v) is 4.68. The van der Waals surface area contributed by atoms with E-state index < -0.39 is 12.0 Å². The van der Waals surface area contributed by atoms with Crippen molar-refractivity contribution in [3.8, 4) is 0 Å². The normalized spacial score (nSPS) is 34.2. The molecule has 0 spiro atoms. The highest BCUT2D eigenvalue weighted by molar-refractivity contribution is 5.86. The van der Waals surface area contributed by atoms with Crippen LogP contribution in [0.25, 0.3) is 0 Å². The van der Waals surface area contributed by atoms with Crippen LogP contribution in [-0.4, -0.2) is 37.2 Å². The second-order valence-electron chi connectivity index (χ2n) is 4.68. The summed E-state index contributed by atoms with van der Waals surface area (Å²) in [6.07, 6.45) is -0.0565. The van der Waals surface area contributed by atoms with Gasteiger partial charge in [-0.05, 0) is 26.7 Å². The number of hydrogen-bond donors (Lipinski definition) is 1. The molecule has 0 aromatic rings. The molecule has 5 atom stereocenters. The van der Waals surface area contributed by atoms with Gasteiger partial charge in [0.05, 0.1) is 25.2 Å². The fraction of sp³-hybridized carbons (Fsp3) is 0.833.